The van der Waals surface area contributed by atoms with Crippen molar-refractivity contribution in [3.05, 3.63) is 85.6 Å². The van der Waals surface area contributed by atoms with Crippen molar-refractivity contribution < 1.29 is 4.74 Å². The van der Waals surface area contributed by atoms with Crippen LogP contribution in [0, 0.1) is 0 Å². The van der Waals surface area contributed by atoms with Gasteiger partial charge in [0.1, 0.15) is 6.10 Å². The van der Waals surface area contributed by atoms with E-state index >= 15 is 0 Å². The van der Waals surface area contributed by atoms with E-state index in [9.17, 15) is 9.59 Å². The standard InChI is InChI=1S/C25H25ClN4O3/c1-27(2)18-11-7-16(8-12-18)23-22-21-19(24(31)29(4)25(32)28(21)3)20(30(22)13-14-33-23)15-5-9-17(26)10-6-15/h5-12,23H,13-14H2,1-4H3/t23-/m1/s1. The largest absolute Gasteiger partial charge is 0.378 e. The van der Waals surface area contributed by atoms with Crippen LogP contribution in [0.1, 0.15) is 17.4 Å². The summed E-state index contributed by atoms with van der Waals surface area (Å²) >= 11 is 6.13. The lowest BCUT2D eigenvalue weighted by atomic mass is 10.0. The topological polar surface area (TPSA) is 61.4 Å². The number of fused-ring (bicyclic) bond motifs is 3. The molecule has 0 fully saturated rings. The van der Waals surface area contributed by atoms with Crippen LogP contribution in [0.5, 0.6) is 0 Å². The zero-order valence-electron chi connectivity index (χ0n) is 19.0. The number of halogens is 1. The maximum atomic E-state index is 13.4. The van der Waals surface area contributed by atoms with Crippen molar-refractivity contribution in [1.29, 1.82) is 0 Å². The van der Waals surface area contributed by atoms with E-state index in [1.165, 1.54) is 7.05 Å². The molecule has 0 saturated carbocycles. The monoisotopic (exact) mass is 464 g/mol. The number of aryl methyl sites for hydroxylation is 1. The second-order valence-corrected chi connectivity index (χ2v) is 8.99. The maximum absolute atomic E-state index is 13.4. The summed E-state index contributed by atoms with van der Waals surface area (Å²) in [6.45, 7) is 1.06. The smallest absolute Gasteiger partial charge is 0.331 e. The molecule has 0 saturated heterocycles. The third-order valence-electron chi connectivity index (χ3n) is 6.38. The minimum atomic E-state index is -0.406. The van der Waals surface area contributed by atoms with Crippen molar-refractivity contribution in [3.8, 4) is 11.3 Å². The Balaban J connectivity index is 1.86. The van der Waals surface area contributed by atoms with E-state index in [1.54, 1.807) is 11.6 Å². The molecule has 0 spiro atoms. The van der Waals surface area contributed by atoms with Crippen LogP contribution in [0.2, 0.25) is 5.02 Å². The number of benzene rings is 2. The van der Waals surface area contributed by atoms with Gasteiger partial charge < -0.3 is 14.2 Å². The van der Waals surface area contributed by atoms with Crippen LogP contribution < -0.4 is 16.1 Å². The van der Waals surface area contributed by atoms with Crippen LogP contribution >= 0.6 is 11.6 Å². The highest BCUT2D eigenvalue weighted by molar-refractivity contribution is 6.30. The van der Waals surface area contributed by atoms with E-state index in [0.29, 0.717) is 29.1 Å². The molecule has 1 atom stereocenters. The van der Waals surface area contributed by atoms with Crippen LogP contribution in [0.15, 0.2) is 58.1 Å². The molecule has 8 heteroatoms. The zero-order chi connectivity index (χ0) is 23.4. The predicted molar refractivity (Wildman–Crippen MR) is 131 cm³/mol. The molecule has 2 aromatic carbocycles. The molecule has 0 N–H and O–H groups in total. The number of nitrogens with zero attached hydrogens (tertiary/aromatic N) is 4. The molecule has 33 heavy (non-hydrogen) atoms. The fourth-order valence-corrected chi connectivity index (χ4v) is 4.81. The number of anilines is 1. The average molecular weight is 465 g/mol. The molecule has 0 bridgehead atoms. The van der Waals surface area contributed by atoms with Crippen molar-refractivity contribution in [3.63, 3.8) is 0 Å². The molecule has 2 aromatic heterocycles. The third kappa shape index (κ3) is 3.31. The summed E-state index contributed by atoms with van der Waals surface area (Å²) in [4.78, 5) is 28.3. The lowest BCUT2D eigenvalue weighted by Gasteiger charge is -2.28. The Morgan fingerprint density at radius 1 is 0.970 bits per heavy atom. The van der Waals surface area contributed by atoms with E-state index in [0.717, 1.165) is 32.8 Å². The SMILES string of the molecule is CN(C)c1ccc([C@H]2OCCn3c(-c4ccc(Cl)cc4)c4c(=O)n(C)c(=O)n(C)c4c32)cc1. The van der Waals surface area contributed by atoms with Gasteiger partial charge in [0, 0.05) is 45.4 Å². The summed E-state index contributed by atoms with van der Waals surface area (Å²) in [6.07, 6.45) is -0.406. The van der Waals surface area contributed by atoms with E-state index in [-0.39, 0.29) is 11.2 Å². The van der Waals surface area contributed by atoms with Crippen molar-refractivity contribution in [2.24, 2.45) is 14.1 Å². The summed E-state index contributed by atoms with van der Waals surface area (Å²) < 4.78 is 11.1. The normalized spacial score (nSPS) is 15.6. The highest BCUT2D eigenvalue weighted by atomic mass is 35.5. The second kappa shape index (κ2) is 7.93. The molecule has 1 aliphatic heterocycles. The first-order chi connectivity index (χ1) is 15.8. The van der Waals surface area contributed by atoms with Crippen molar-refractivity contribution in [2.75, 3.05) is 25.6 Å². The Kier molecular flexibility index (Phi) is 5.18. The Morgan fingerprint density at radius 2 is 1.64 bits per heavy atom. The fraction of sp³-hybridized carbons (Fsp3) is 0.280. The van der Waals surface area contributed by atoms with Gasteiger partial charge in [0.2, 0.25) is 0 Å². The van der Waals surface area contributed by atoms with Crippen molar-refractivity contribution in [2.45, 2.75) is 12.6 Å². The Bertz CT molecular complexity index is 1480. The number of hydrogen-bond donors (Lipinski definition) is 0. The Hall–Kier alpha value is -3.29. The third-order valence-corrected chi connectivity index (χ3v) is 6.63. The van der Waals surface area contributed by atoms with Gasteiger partial charge in [-0.3, -0.25) is 13.9 Å². The molecule has 170 valence electrons. The molecule has 0 unspecified atom stereocenters. The molecule has 3 heterocycles. The molecule has 7 nitrogen and oxygen atoms in total. The predicted octanol–water partition coefficient (Wildman–Crippen LogP) is 3.54. The molecule has 1 aliphatic rings. The first kappa shape index (κ1) is 21.6. The first-order valence-corrected chi connectivity index (χ1v) is 11.1. The molecular weight excluding hydrogens is 440 g/mol. The summed E-state index contributed by atoms with van der Waals surface area (Å²) in [7, 11) is 7.21. The van der Waals surface area contributed by atoms with E-state index < -0.39 is 6.10 Å². The van der Waals surface area contributed by atoms with Gasteiger partial charge >= 0.3 is 5.69 Å². The van der Waals surface area contributed by atoms with Crippen LogP contribution in [0.4, 0.5) is 5.69 Å². The van der Waals surface area contributed by atoms with Gasteiger partial charge in [-0.2, -0.15) is 0 Å². The quantitative estimate of drug-likeness (QED) is 0.465. The summed E-state index contributed by atoms with van der Waals surface area (Å²) in [5.41, 5.74) is 4.44. The van der Waals surface area contributed by atoms with E-state index in [4.69, 9.17) is 16.3 Å². The average Bonchev–Trinajstić information content (AvgIpc) is 3.17. The van der Waals surface area contributed by atoms with Crippen molar-refractivity contribution in [1.82, 2.24) is 13.7 Å². The lowest BCUT2D eigenvalue weighted by molar-refractivity contribution is 0.0478. The molecule has 0 aliphatic carbocycles. The summed E-state index contributed by atoms with van der Waals surface area (Å²) in [5, 5.41) is 1.13. The maximum Gasteiger partial charge on any atom is 0.331 e. The minimum Gasteiger partial charge on any atom is -0.378 e. The minimum absolute atomic E-state index is 0.318. The van der Waals surface area contributed by atoms with Gasteiger partial charge in [-0.1, -0.05) is 35.9 Å². The van der Waals surface area contributed by atoms with E-state index in [2.05, 4.69) is 4.57 Å². The van der Waals surface area contributed by atoms with Gasteiger partial charge in [-0.05, 0) is 35.4 Å². The molecule has 0 radical (unpaired) electrons. The highest BCUT2D eigenvalue weighted by Crippen LogP contribution is 2.41. The first-order valence-electron chi connectivity index (χ1n) is 10.8. The van der Waals surface area contributed by atoms with Crippen molar-refractivity contribution >= 4 is 28.2 Å². The zero-order valence-corrected chi connectivity index (χ0v) is 19.8. The fourth-order valence-electron chi connectivity index (χ4n) is 4.69. The van der Waals surface area contributed by atoms with Gasteiger partial charge in [0.05, 0.1) is 28.9 Å². The van der Waals surface area contributed by atoms with Crippen LogP contribution in [-0.2, 0) is 25.4 Å². The molecule has 5 rings (SSSR count). The van der Waals surface area contributed by atoms with Gasteiger partial charge in [-0.15, -0.1) is 0 Å². The summed E-state index contributed by atoms with van der Waals surface area (Å²) in [6, 6.07) is 15.6. The Morgan fingerprint density at radius 3 is 2.27 bits per heavy atom. The number of rotatable bonds is 3. The second-order valence-electron chi connectivity index (χ2n) is 8.56. The lowest BCUT2D eigenvalue weighted by Crippen LogP contribution is -2.37. The number of aromatic nitrogens is 3. The number of hydrogen-bond acceptors (Lipinski definition) is 4. The van der Waals surface area contributed by atoms with Crippen LogP contribution in [0.25, 0.3) is 22.2 Å². The highest BCUT2D eigenvalue weighted by Gasteiger charge is 2.33. The molecular formula is C25H25ClN4O3. The Labute approximate surface area is 196 Å². The van der Waals surface area contributed by atoms with Gasteiger partial charge in [-0.25, -0.2) is 4.79 Å². The summed E-state index contributed by atoms with van der Waals surface area (Å²) in [5.74, 6) is 0. The van der Waals surface area contributed by atoms with Gasteiger partial charge in [0.15, 0.2) is 0 Å². The van der Waals surface area contributed by atoms with Crippen LogP contribution in [-0.4, -0.2) is 34.4 Å². The molecule has 0 amide bonds. The van der Waals surface area contributed by atoms with E-state index in [1.807, 2.05) is 67.5 Å². The van der Waals surface area contributed by atoms with Crippen LogP contribution in [0.3, 0.4) is 0 Å². The number of ether oxygens (including phenoxy) is 1. The molecule has 4 aromatic rings. The van der Waals surface area contributed by atoms with Gasteiger partial charge in [0.25, 0.3) is 5.56 Å².